The molecular formula is C37H57N5O8Si. The van der Waals surface area contributed by atoms with Crippen molar-refractivity contribution >= 4 is 49.9 Å². The molecule has 0 radical (unpaired) electrons. The summed E-state index contributed by atoms with van der Waals surface area (Å²) < 4.78 is 11.8. The first-order valence-electron chi connectivity index (χ1n) is 17.8. The maximum absolute atomic E-state index is 14.3. The minimum absolute atomic E-state index is 0.0308. The number of aliphatic carboxylic acids is 1. The van der Waals surface area contributed by atoms with Crippen LogP contribution in [-0.2, 0) is 33.4 Å². The molecule has 3 rings (SSSR count). The Hall–Kier alpha value is -3.88. The Balaban J connectivity index is 1.90. The fourth-order valence-corrected chi connectivity index (χ4v) is 6.73. The molecule has 51 heavy (non-hydrogen) atoms. The number of fused-ring (bicyclic) bond motifs is 1. The van der Waals surface area contributed by atoms with E-state index < -0.39 is 72.8 Å². The summed E-state index contributed by atoms with van der Waals surface area (Å²) in [7, 11) is -1.43. The van der Waals surface area contributed by atoms with E-state index in [1.807, 2.05) is 37.3 Å². The van der Waals surface area contributed by atoms with Gasteiger partial charge in [-0.1, -0.05) is 57.8 Å². The molecule has 1 aromatic rings. The molecule has 1 unspecified atom stereocenters. The first-order chi connectivity index (χ1) is 23.8. The molecule has 1 aromatic heterocycles. The summed E-state index contributed by atoms with van der Waals surface area (Å²) in [5.41, 5.74) is 0.649. The van der Waals surface area contributed by atoms with Gasteiger partial charge in [-0.25, -0.2) is 5.43 Å². The molecule has 1 aliphatic heterocycles. The van der Waals surface area contributed by atoms with Gasteiger partial charge in [-0.15, -0.1) is 0 Å². The van der Waals surface area contributed by atoms with Gasteiger partial charge >= 0.3 is 11.9 Å². The molecule has 1 saturated heterocycles. The third-order valence-corrected chi connectivity index (χ3v) is 11.1. The van der Waals surface area contributed by atoms with Gasteiger partial charge in [0, 0.05) is 39.8 Å². The van der Waals surface area contributed by atoms with Gasteiger partial charge in [0.1, 0.15) is 24.2 Å². The van der Waals surface area contributed by atoms with E-state index in [2.05, 4.69) is 40.7 Å². The molecule has 14 heteroatoms. The number of carboxylic acids is 1. The number of hydrogen-bond acceptors (Lipinski definition) is 9. The molecule has 1 fully saturated rings. The minimum atomic E-state index is -1.43. The average molecular weight is 728 g/mol. The van der Waals surface area contributed by atoms with Crippen molar-refractivity contribution in [2.24, 2.45) is 16.7 Å². The fourth-order valence-electron chi connectivity index (χ4n) is 5.97. The maximum atomic E-state index is 14.3. The highest BCUT2D eigenvalue weighted by atomic mass is 28.3. The minimum Gasteiger partial charge on any atom is -0.480 e. The number of carbonyl (C=O) groups is 5. The number of carbonyl (C=O) groups excluding carboxylic acids is 4. The SMILES string of the molecule is CC(=O)O[C@H](C)C1(C=C[C@](C)(COCC[Si](C)(C)C)C(=O)N[C@H](C(=O)N[C@@H](C)C(=O)N2CCC[C@@H](C(=O)O)N2)C(C)C)C=c2ncccc2=CC1. The second-order valence-corrected chi connectivity index (χ2v) is 21.2. The molecule has 2 aliphatic rings. The zero-order valence-corrected chi connectivity index (χ0v) is 32.6. The Morgan fingerprint density at radius 1 is 1.18 bits per heavy atom. The smallest absolute Gasteiger partial charge is 0.322 e. The second kappa shape index (κ2) is 17.6. The summed E-state index contributed by atoms with van der Waals surface area (Å²) >= 11 is 0. The lowest BCUT2D eigenvalue weighted by Crippen LogP contribution is -2.61. The van der Waals surface area contributed by atoms with E-state index >= 15 is 0 Å². The highest BCUT2D eigenvalue weighted by Gasteiger charge is 2.40. The Morgan fingerprint density at radius 2 is 1.88 bits per heavy atom. The first kappa shape index (κ1) is 41.5. The zero-order chi connectivity index (χ0) is 38.1. The van der Waals surface area contributed by atoms with Crippen molar-refractivity contribution in [2.75, 3.05) is 19.8 Å². The van der Waals surface area contributed by atoms with Crippen LogP contribution in [0.2, 0.25) is 25.7 Å². The van der Waals surface area contributed by atoms with Gasteiger partial charge in [-0.2, -0.15) is 0 Å². The molecular weight excluding hydrogens is 671 g/mol. The van der Waals surface area contributed by atoms with E-state index in [0.717, 1.165) is 16.6 Å². The van der Waals surface area contributed by atoms with Gasteiger partial charge in [-0.05, 0) is 69.4 Å². The standard InChI is InChI=1S/C37H57N5O8Si/c1-24(2)31(32(44)39-25(3)33(45)42-19-11-13-29(41-42)34(46)47)40-35(48)36(6,23-49-20-21-51(7,8)9)16-17-37(26(4)50-27(5)43)15-14-28-12-10-18-38-30(28)22-37/h10,12,14,16-18,22,24-26,29,31,41H,11,13,15,19-21,23H2,1-9H3,(H,39,44)(H,40,48)(H,46,47)/t25-,26+,29-,31-,36+,37?/m0/s1. The van der Waals surface area contributed by atoms with Crippen LogP contribution in [0, 0.1) is 16.7 Å². The highest BCUT2D eigenvalue weighted by molar-refractivity contribution is 6.76. The molecule has 1 aliphatic carbocycles. The van der Waals surface area contributed by atoms with E-state index in [4.69, 9.17) is 9.47 Å². The van der Waals surface area contributed by atoms with E-state index in [1.165, 1.54) is 18.9 Å². The van der Waals surface area contributed by atoms with Crippen molar-refractivity contribution in [1.82, 2.24) is 26.1 Å². The molecule has 0 saturated carbocycles. The van der Waals surface area contributed by atoms with Crippen molar-refractivity contribution < 1.29 is 38.6 Å². The molecule has 0 aromatic carbocycles. The lowest BCUT2D eigenvalue weighted by atomic mass is 9.74. The number of hydrogen-bond donors (Lipinski definition) is 4. The summed E-state index contributed by atoms with van der Waals surface area (Å²) in [5.74, 6) is -3.30. The predicted octanol–water partition coefficient (Wildman–Crippen LogP) is 2.13. The van der Waals surface area contributed by atoms with Gasteiger partial charge in [-0.3, -0.25) is 34.0 Å². The van der Waals surface area contributed by atoms with Gasteiger partial charge in [0.05, 0.1) is 17.4 Å². The third-order valence-electron chi connectivity index (χ3n) is 9.45. The van der Waals surface area contributed by atoms with Crippen LogP contribution in [0.1, 0.15) is 60.8 Å². The van der Waals surface area contributed by atoms with E-state index in [9.17, 15) is 29.1 Å². The summed E-state index contributed by atoms with van der Waals surface area (Å²) in [4.78, 5) is 69.2. The Labute approximate surface area is 302 Å². The van der Waals surface area contributed by atoms with Crippen molar-refractivity contribution in [3.05, 3.63) is 41.0 Å². The van der Waals surface area contributed by atoms with Crippen LogP contribution in [-0.4, -0.2) is 96.8 Å². The highest BCUT2D eigenvalue weighted by Crippen LogP contribution is 2.37. The number of aromatic nitrogens is 1. The number of amides is 3. The largest absolute Gasteiger partial charge is 0.480 e. The number of nitrogens with one attached hydrogen (secondary N) is 3. The number of pyridine rings is 1. The molecule has 3 amide bonds. The number of carboxylic acid groups (broad SMARTS) is 1. The van der Waals surface area contributed by atoms with Gasteiger partial charge in [0.15, 0.2) is 0 Å². The van der Waals surface area contributed by atoms with Crippen molar-refractivity contribution in [2.45, 2.75) is 111 Å². The zero-order valence-electron chi connectivity index (χ0n) is 31.6. The van der Waals surface area contributed by atoms with Gasteiger partial charge < -0.3 is 25.2 Å². The van der Waals surface area contributed by atoms with Gasteiger partial charge in [0.2, 0.25) is 11.8 Å². The van der Waals surface area contributed by atoms with Crippen LogP contribution in [0.5, 0.6) is 0 Å². The predicted molar refractivity (Wildman–Crippen MR) is 197 cm³/mol. The molecule has 0 spiro atoms. The van der Waals surface area contributed by atoms with E-state index in [0.29, 0.717) is 32.4 Å². The molecule has 2 heterocycles. The number of nitrogens with zero attached hydrogens (tertiary/aromatic N) is 2. The molecule has 4 N–H and O–H groups in total. The molecule has 0 bridgehead atoms. The monoisotopic (exact) mass is 727 g/mol. The Kier molecular flexibility index (Phi) is 14.3. The maximum Gasteiger partial charge on any atom is 0.322 e. The quantitative estimate of drug-likeness (QED) is 0.0855. The first-order valence-corrected chi connectivity index (χ1v) is 21.5. The average Bonchev–Trinajstić information content (AvgIpc) is 3.06. The molecule has 6 atom stereocenters. The van der Waals surface area contributed by atoms with Crippen LogP contribution < -0.4 is 26.6 Å². The summed E-state index contributed by atoms with van der Waals surface area (Å²) in [6, 6.07) is 1.85. The number of ether oxygens (including phenoxy) is 2. The molecule has 13 nitrogen and oxygen atoms in total. The summed E-state index contributed by atoms with van der Waals surface area (Å²) in [6.07, 6.45) is 10.2. The van der Waals surface area contributed by atoms with Crippen LogP contribution in [0.15, 0.2) is 30.5 Å². The Morgan fingerprint density at radius 3 is 2.51 bits per heavy atom. The van der Waals surface area contributed by atoms with Crippen LogP contribution >= 0.6 is 0 Å². The fraction of sp³-hybridized carbons (Fsp3) is 0.622. The summed E-state index contributed by atoms with van der Waals surface area (Å²) in [5, 5.41) is 18.0. The topological polar surface area (TPSA) is 176 Å². The number of esters is 1. The van der Waals surface area contributed by atoms with Crippen molar-refractivity contribution in [3.8, 4) is 0 Å². The van der Waals surface area contributed by atoms with Crippen LogP contribution in [0.3, 0.4) is 0 Å². The van der Waals surface area contributed by atoms with Crippen molar-refractivity contribution in [1.29, 1.82) is 0 Å². The van der Waals surface area contributed by atoms with Gasteiger partial charge in [0.25, 0.3) is 5.91 Å². The number of hydrazine groups is 1. The van der Waals surface area contributed by atoms with Crippen LogP contribution in [0.4, 0.5) is 0 Å². The third kappa shape index (κ3) is 11.6. The lowest BCUT2D eigenvalue weighted by molar-refractivity contribution is -0.149. The Bertz CT molecular complexity index is 1590. The second-order valence-electron chi connectivity index (χ2n) is 15.6. The number of rotatable bonds is 16. The van der Waals surface area contributed by atoms with E-state index in [-0.39, 0.29) is 12.5 Å². The lowest BCUT2D eigenvalue weighted by Gasteiger charge is -2.36. The van der Waals surface area contributed by atoms with E-state index in [1.54, 1.807) is 33.0 Å². The van der Waals surface area contributed by atoms with Crippen LogP contribution in [0.25, 0.3) is 12.2 Å². The summed E-state index contributed by atoms with van der Waals surface area (Å²) in [6.45, 7) is 17.6. The molecule has 282 valence electrons. The van der Waals surface area contributed by atoms with Crippen molar-refractivity contribution in [3.63, 3.8) is 0 Å². The normalized spacial score (nSPS) is 22.0.